The minimum absolute atomic E-state index is 0.0821. The summed E-state index contributed by atoms with van der Waals surface area (Å²) in [6, 6.07) is 5.38. The summed E-state index contributed by atoms with van der Waals surface area (Å²) in [5.41, 5.74) is 3.13. The average molecular weight is 499 g/mol. The number of amides is 2. The van der Waals surface area contributed by atoms with Gasteiger partial charge >= 0.3 is 6.36 Å². The van der Waals surface area contributed by atoms with Crippen molar-refractivity contribution in [1.29, 1.82) is 0 Å². The maximum atomic E-state index is 13.1. The second-order valence-electron chi connectivity index (χ2n) is 9.89. The summed E-state index contributed by atoms with van der Waals surface area (Å²) in [5, 5.41) is 10.9. The number of alkyl halides is 3. The van der Waals surface area contributed by atoms with Gasteiger partial charge in [0.15, 0.2) is 0 Å². The van der Waals surface area contributed by atoms with Gasteiger partial charge in [0.05, 0.1) is 11.4 Å². The molecule has 36 heavy (non-hydrogen) atoms. The van der Waals surface area contributed by atoms with Crippen molar-refractivity contribution in [3.8, 4) is 5.75 Å². The number of halogens is 3. The summed E-state index contributed by atoms with van der Waals surface area (Å²) in [5.74, 6) is 1.28. The van der Waals surface area contributed by atoms with Crippen molar-refractivity contribution in [3.05, 3.63) is 58.9 Å². The van der Waals surface area contributed by atoms with Crippen LogP contribution in [0, 0.1) is 23.7 Å². The monoisotopic (exact) mass is 499 g/mol. The summed E-state index contributed by atoms with van der Waals surface area (Å²) >= 11 is 0. The van der Waals surface area contributed by atoms with Crippen molar-refractivity contribution >= 4 is 17.9 Å². The average Bonchev–Trinajstić information content (AvgIpc) is 3.56. The Morgan fingerprint density at radius 3 is 2.19 bits per heavy atom. The van der Waals surface area contributed by atoms with E-state index in [1.165, 1.54) is 30.3 Å². The molecule has 3 fully saturated rings. The lowest BCUT2D eigenvalue weighted by atomic mass is 9.60. The van der Waals surface area contributed by atoms with Gasteiger partial charge in [0.25, 0.3) is 0 Å². The molecule has 8 nitrogen and oxygen atoms in total. The quantitative estimate of drug-likeness (QED) is 0.654. The van der Waals surface area contributed by atoms with Gasteiger partial charge in [0.1, 0.15) is 5.75 Å². The number of allylic oxidation sites excluding steroid dienone is 1. The molecule has 0 bridgehead atoms. The molecule has 3 heterocycles. The van der Waals surface area contributed by atoms with E-state index in [0.717, 1.165) is 30.1 Å². The fraction of sp³-hybridized carbons (Fsp3) is 0.440. The van der Waals surface area contributed by atoms with E-state index in [1.807, 2.05) is 15.9 Å². The van der Waals surface area contributed by atoms with Crippen molar-refractivity contribution in [2.45, 2.75) is 19.2 Å². The van der Waals surface area contributed by atoms with Crippen molar-refractivity contribution < 1.29 is 27.5 Å². The molecule has 6 rings (SSSR count). The van der Waals surface area contributed by atoms with Gasteiger partial charge in [-0.3, -0.25) is 9.59 Å². The van der Waals surface area contributed by atoms with Crippen LogP contribution in [0.2, 0.25) is 0 Å². The number of aromatic amines is 1. The lowest BCUT2D eigenvalue weighted by molar-refractivity contribution is -0.274. The highest BCUT2D eigenvalue weighted by Crippen LogP contribution is 2.54. The molecule has 11 heteroatoms. The van der Waals surface area contributed by atoms with E-state index in [-0.39, 0.29) is 17.6 Å². The molecule has 2 aromatic rings. The highest BCUT2D eigenvalue weighted by Gasteiger charge is 2.59. The van der Waals surface area contributed by atoms with Crippen molar-refractivity contribution in [1.82, 2.24) is 25.2 Å². The molecule has 188 valence electrons. The summed E-state index contributed by atoms with van der Waals surface area (Å²) in [4.78, 5) is 29.7. The topological polar surface area (TPSA) is 91.4 Å². The van der Waals surface area contributed by atoms with E-state index in [4.69, 9.17) is 0 Å². The summed E-state index contributed by atoms with van der Waals surface area (Å²) in [6.45, 7) is 2.77. The largest absolute Gasteiger partial charge is 0.573 e. The molecule has 2 saturated heterocycles. The second kappa shape index (κ2) is 8.49. The molecule has 2 aliphatic heterocycles. The molecule has 4 atom stereocenters. The molecule has 1 N–H and O–H groups in total. The highest BCUT2D eigenvalue weighted by molar-refractivity contribution is 5.94. The molecule has 0 radical (unpaired) electrons. The Morgan fingerprint density at radius 1 is 0.944 bits per heavy atom. The first-order valence-corrected chi connectivity index (χ1v) is 11.9. The Kier molecular flexibility index (Phi) is 5.38. The van der Waals surface area contributed by atoms with E-state index in [0.29, 0.717) is 55.2 Å². The van der Waals surface area contributed by atoms with E-state index >= 15 is 0 Å². The van der Waals surface area contributed by atoms with Crippen molar-refractivity contribution in [2.75, 3.05) is 26.2 Å². The molecule has 0 spiro atoms. The van der Waals surface area contributed by atoms with Crippen LogP contribution >= 0.6 is 0 Å². The predicted molar refractivity (Wildman–Crippen MR) is 121 cm³/mol. The first kappa shape index (κ1) is 22.8. The van der Waals surface area contributed by atoms with Crippen LogP contribution in [0.1, 0.15) is 17.0 Å². The number of carbonyl (C=O) groups is 2. The number of nitrogens with one attached hydrogen (secondary N) is 1. The summed E-state index contributed by atoms with van der Waals surface area (Å²) < 4.78 is 40.7. The first-order chi connectivity index (χ1) is 17.2. The van der Waals surface area contributed by atoms with Crippen LogP contribution < -0.4 is 4.74 Å². The maximum absolute atomic E-state index is 13.1. The molecule has 0 unspecified atom stereocenters. The standard InChI is InChI=1S/C25H24F3N5O3/c26-25(27,28)36-16-5-1-14(2-6-16)3-8-23(34)32-10-17-18(11-32)20-13-33(12-19(17)20)24(35)15-4-7-21-22(9-15)30-31-29-21/h1-6,8,17-20H,7,9-13H2,(H,29,30,31)/b8-3+/t17-,18+,19+,20-. The Bertz CT molecular complexity index is 1230. The van der Waals surface area contributed by atoms with Gasteiger partial charge in [-0.25, -0.2) is 0 Å². The number of H-pyrrole nitrogens is 1. The van der Waals surface area contributed by atoms with Gasteiger partial charge in [0, 0.05) is 50.7 Å². The molecular weight excluding hydrogens is 475 g/mol. The normalized spacial score (nSPS) is 26.8. The molecule has 2 aliphatic carbocycles. The minimum Gasteiger partial charge on any atom is -0.406 e. The van der Waals surface area contributed by atoms with Crippen LogP contribution in [-0.4, -0.2) is 69.6 Å². The zero-order valence-corrected chi connectivity index (χ0v) is 19.2. The molecule has 1 aromatic heterocycles. The third-order valence-corrected chi connectivity index (χ3v) is 7.93. The SMILES string of the molecule is O=C(/C=C/c1ccc(OC(F)(F)F)cc1)N1C[C@@H]2[C@H](C1)[C@H]1CN(C(=O)C3=CCc4n[nH]nc4C3)C[C@@H]21. The number of likely N-dealkylation sites (tertiary alicyclic amines) is 2. The smallest absolute Gasteiger partial charge is 0.406 e. The number of fused-ring (bicyclic) bond motifs is 5. The van der Waals surface area contributed by atoms with Crippen LogP contribution in [-0.2, 0) is 22.4 Å². The Morgan fingerprint density at radius 2 is 1.56 bits per heavy atom. The number of hydrogen-bond acceptors (Lipinski definition) is 5. The van der Waals surface area contributed by atoms with Crippen molar-refractivity contribution in [3.63, 3.8) is 0 Å². The third kappa shape index (κ3) is 4.16. The Hall–Kier alpha value is -3.63. The number of nitrogens with zero attached hydrogens (tertiary/aromatic N) is 4. The van der Waals surface area contributed by atoms with Crippen LogP contribution in [0.15, 0.2) is 42.0 Å². The van der Waals surface area contributed by atoms with Gasteiger partial charge in [-0.15, -0.1) is 13.2 Å². The van der Waals surface area contributed by atoms with E-state index in [1.54, 1.807) is 6.08 Å². The van der Waals surface area contributed by atoms with Gasteiger partial charge in [-0.1, -0.05) is 18.2 Å². The van der Waals surface area contributed by atoms with E-state index in [2.05, 4.69) is 20.1 Å². The molecule has 2 amide bonds. The van der Waals surface area contributed by atoms with Gasteiger partial charge in [-0.05, 0) is 47.4 Å². The number of aromatic nitrogens is 3. The summed E-state index contributed by atoms with van der Waals surface area (Å²) in [7, 11) is 0. The van der Waals surface area contributed by atoms with E-state index < -0.39 is 6.36 Å². The van der Waals surface area contributed by atoms with Crippen molar-refractivity contribution in [2.24, 2.45) is 23.7 Å². The zero-order valence-electron chi connectivity index (χ0n) is 19.2. The summed E-state index contributed by atoms with van der Waals surface area (Å²) in [6.07, 6.45) is 1.41. The first-order valence-electron chi connectivity index (χ1n) is 11.9. The van der Waals surface area contributed by atoms with Crippen LogP contribution in [0.4, 0.5) is 13.2 Å². The highest BCUT2D eigenvalue weighted by atomic mass is 19.4. The number of rotatable bonds is 4. The van der Waals surface area contributed by atoms with Crippen LogP contribution in [0.5, 0.6) is 5.75 Å². The molecule has 1 aromatic carbocycles. The van der Waals surface area contributed by atoms with Crippen LogP contribution in [0.25, 0.3) is 6.08 Å². The third-order valence-electron chi connectivity index (χ3n) is 7.93. The van der Waals surface area contributed by atoms with E-state index in [9.17, 15) is 22.8 Å². The van der Waals surface area contributed by atoms with Gasteiger partial charge in [0.2, 0.25) is 11.8 Å². The molecule has 1 saturated carbocycles. The lowest BCUT2D eigenvalue weighted by Crippen LogP contribution is -2.44. The number of hydrogen-bond donors (Lipinski definition) is 1. The van der Waals surface area contributed by atoms with Gasteiger partial charge < -0.3 is 14.5 Å². The lowest BCUT2D eigenvalue weighted by Gasteiger charge is -2.42. The predicted octanol–water partition coefficient (Wildman–Crippen LogP) is 2.60. The minimum atomic E-state index is -4.74. The molecule has 4 aliphatic rings. The maximum Gasteiger partial charge on any atom is 0.573 e. The van der Waals surface area contributed by atoms with Crippen LogP contribution in [0.3, 0.4) is 0 Å². The fourth-order valence-corrected chi connectivity index (χ4v) is 6.19. The molecular formula is C25H24F3N5O3. The Balaban J connectivity index is 1.02. The fourth-order valence-electron chi connectivity index (χ4n) is 6.19. The zero-order chi connectivity index (χ0) is 25.0. The second-order valence-corrected chi connectivity index (χ2v) is 9.89. The Labute approximate surface area is 204 Å². The number of benzene rings is 1. The number of ether oxygens (including phenoxy) is 1. The van der Waals surface area contributed by atoms with Gasteiger partial charge in [-0.2, -0.15) is 15.4 Å². The number of carbonyl (C=O) groups excluding carboxylic acids is 2.